The van der Waals surface area contributed by atoms with Gasteiger partial charge in [-0.05, 0) is 36.8 Å². The number of piperidine rings is 1. The van der Waals surface area contributed by atoms with Crippen LogP contribution in [0.2, 0.25) is 0 Å². The Hall–Kier alpha value is -2.13. The second-order valence-electron chi connectivity index (χ2n) is 8.92. The summed E-state index contributed by atoms with van der Waals surface area (Å²) in [6, 6.07) is 21.7. The summed E-state index contributed by atoms with van der Waals surface area (Å²) in [5.41, 5.74) is 2.74. The van der Waals surface area contributed by atoms with E-state index in [1.54, 1.807) is 0 Å². The number of hydrogen-bond acceptors (Lipinski definition) is 2. The number of benzene rings is 2. The van der Waals surface area contributed by atoms with Gasteiger partial charge in [-0.3, -0.25) is 9.69 Å². The molecule has 5 rings (SSSR count). The molecule has 2 saturated heterocycles. The highest BCUT2D eigenvalue weighted by molar-refractivity contribution is 5.86. The average molecular weight is 375 g/mol. The van der Waals surface area contributed by atoms with Crippen molar-refractivity contribution in [2.45, 2.75) is 50.0 Å². The predicted octanol–water partition coefficient (Wildman–Crippen LogP) is 4.45. The molecule has 1 saturated carbocycles. The zero-order valence-electron chi connectivity index (χ0n) is 16.6. The first-order chi connectivity index (χ1) is 13.7. The molecule has 0 aromatic heterocycles. The van der Waals surface area contributed by atoms with Gasteiger partial charge in [0.25, 0.3) is 0 Å². The molecule has 3 aliphatic rings. The molecule has 1 atom stereocenters. The highest BCUT2D eigenvalue weighted by Gasteiger charge is 2.54. The maximum atomic E-state index is 13.0. The number of carbonyl (C=O) groups is 1. The Labute approximate surface area is 168 Å². The fourth-order valence-electron chi connectivity index (χ4n) is 6.25. The summed E-state index contributed by atoms with van der Waals surface area (Å²) in [7, 11) is 0. The van der Waals surface area contributed by atoms with Gasteiger partial charge in [0.1, 0.15) is 0 Å². The van der Waals surface area contributed by atoms with Crippen LogP contribution in [0.5, 0.6) is 0 Å². The molecule has 28 heavy (non-hydrogen) atoms. The predicted molar refractivity (Wildman–Crippen MR) is 112 cm³/mol. The van der Waals surface area contributed by atoms with E-state index in [1.165, 1.54) is 36.8 Å². The highest BCUT2D eigenvalue weighted by Crippen LogP contribution is 2.52. The largest absolute Gasteiger partial charge is 0.355 e. The van der Waals surface area contributed by atoms with Crippen molar-refractivity contribution in [2.24, 2.45) is 5.41 Å². The highest BCUT2D eigenvalue weighted by atomic mass is 16.2. The Kier molecular flexibility index (Phi) is 4.51. The van der Waals surface area contributed by atoms with Crippen LogP contribution in [-0.4, -0.2) is 30.4 Å². The van der Waals surface area contributed by atoms with Crippen LogP contribution in [0, 0.1) is 5.41 Å². The molecule has 2 aromatic carbocycles. The minimum Gasteiger partial charge on any atom is -0.355 e. The molecule has 1 amide bonds. The van der Waals surface area contributed by atoms with Crippen molar-refractivity contribution >= 4 is 5.91 Å². The van der Waals surface area contributed by atoms with Gasteiger partial charge in [0, 0.05) is 31.1 Å². The van der Waals surface area contributed by atoms with Crippen LogP contribution in [0.3, 0.4) is 0 Å². The first-order valence-corrected chi connectivity index (χ1v) is 10.9. The van der Waals surface area contributed by atoms with Crippen molar-refractivity contribution in [3.8, 4) is 0 Å². The summed E-state index contributed by atoms with van der Waals surface area (Å²) in [5, 5.41) is 3.20. The lowest BCUT2D eigenvalue weighted by Gasteiger charge is -2.49. The summed E-state index contributed by atoms with van der Waals surface area (Å²) in [6.07, 6.45) is 7.05. The van der Waals surface area contributed by atoms with Crippen LogP contribution < -0.4 is 5.32 Å². The third-order valence-electron chi connectivity index (χ3n) is 7.79. The van der Waals surface area contributed by atoms with Gasteiger partial charge in [-0.2, -0.15) is 0 Å². The van der Waals surface area contributed by atoms with Crippen molar-refractivity contribution in [2.75, 3.05) is 19.6 Å². The van der Waals surface area contributed by atoms with Crippen molar-refractivity contribution in [3.05, 3.63) is 71.8 Å². The van der Waals surface area contributed by atoms with E-state index in [4.69, 9.17) is 0 Å². The first-order valence-electron chi connectivity index (χ1n) is 10.9. The molecule has 3 fully saturated rings. The van der Waals surface area contributed by atoms with Gasteiger partial charge >= 0.3 is 0 Å². The van der Waals surface area contributed by atoms with E-state index in [2.05, 4.69) is 70.9 Å². The zero-order valence-corrected chi connectivity index (χ0v) is 16.6. The van der Waals surface area contributed by atoms with Crippen LogP contribution in [0.1, 0.15) is 55.6 Å². The maximum Gasteiger partial charge on any atom is 0.227 e. The lowest BCUT2D eigenvalue weighted by molar-refractivity contribution is -0.132. The molecular weight excluding hydrogens is 344 g/mol. The number of amides is 1. The molecule has 1 spiro atoms. The normalized spacial score (nSPS) is 26.4. The third-order valence-corrected chi connectivity index (χ3v) is 7.79. The Bertz CT molecular complexity index is 818. The van der Waals surface area contributed by atoms with E-state index in [9.17, 15) is 4.79 Å². The Morgan fingerprint density at radius 1 is 0.821 bits per heavy atom. The smallest absolute Gasteiger partial charge is 0.227 e. The summed E-state index contributed by atoms with van der Waals surface area (Å²) in [6.45, 7) is 2.82. The molecule has 146 valence electrons. The number of likely N-dealkylation sites (tertiary alicyclic amines) is 1. The Balaban J connectivity index is 1.41. The van der Waals surface area contributed by atoms with Crippen LogP contribution in [0.4, 0.5) is 0 Å². The summed E-state index contributed by atoms with van der Waals surface area (Å²) < 4.78 is 0. The molecule has 2 aliphatic heterocycles. The van der Waals surface area contributed by atoms with Crippen LogP contribution in [-0.2, 0) is 10.3 Å². The van der Waals surface area contributed by atoms with Gasteiger partial charge < -0.3 is 5.32 Å². The molecule has 1 aliphatic carbocycles. The number of nitrogens with one attached hydrogen (secondary N) is 1. The molecule has 2 heterocycles. The fourth-order valence-corrected chi connectivity index (χ4v) is 6.25. The summed E-state index contributed by atoms with van der Waals surface area (Å²) in [5.74, 6) is 0.584. The minimum absolute atomic E-state index is 0.181. The topological polar surface area (TPSA) is 32.3 Å². The second-order valence-corrected chi connectivity index (χ2v) is 8.92. The molecule has 2 aromatic rings. The SMILES string of the molecule is O=C1NCC(c2ccccc2)C12CCN(C1(c3ccccc3)CCCC1)CC2. The molecular formula is C25H30N2O. The Morgan fingerprint density at radius 2 is 1.43 bits per heavy atom. The lowest BCUT2D eigenvalue weighted by Crippen LogP contribution is -2.53. The zero-order chi connectivity index (χ0) is 19.0. The van der Waals surface area contributed by atoms with Crippen LogP contribution >= 0.6 is 0 Å². The number of hydrogen-bond donors (Lipinski definition) is 1. The standard InChI is InChI=1S/C25H30N2O/c28-23-24(22(19-26-23)20-9-3-1-4-10-20)15-17-27(18-16-24)25(13-7-8-14-25)21-11-5-2-6-12-21/h1-6,9-12,22H,7-8,13-19H2,(H,26,28). The van der Waals surface area contributed by atoms with Crippen LogP contribution in [0.25, 0.3) is 0 Å². The number of carbonyl (C=O) groups excluding carboxylic acids is 1. The molecule has 0 bridgehead atoms. The number of nitrogens with zero attached hydrogens (tertiary/aromatic N) is 1. The van der Waals surface area contributed by atoms with Gasteiger partial charge in [-0.25, -0.2) is 0 Å². The lowest BCUT2D eigenvalue weighted by atomic mass is 9.67. The van der Waals surface area contributed by atoms with E-state index in [-0.39, 0.29) is 16.9 Å². The number of rotatable bonds is 3. The third kappa shape index (κ3) is 2.71. The van der Waals surface area contributed by atoms with Gasteiger partial charge in [-0.15, -0.1) is 0 Å². The maximum absolute atomic E-state index is 13.0. The molecule has 1 N–H and O–H groups in total. The van der Waals surface area contributed by atoms with E-state index in [1.807, 2.05) is 0 Å². The fraction of sp³-hybridized carbons (Fsp3) is 0.480. The van der Waals surface area contributed by atoms with E-state index >= 15 is 0 Å². The Morgan fingerprint density at radius 3 is 2.07 bits per heavy atom. The second kappa shape index (κ2) is 7.04. The van der Waals surface area contributed by atoms with Crippen molar-refractivity contribution in [3.63, 3.8) is 0 Å². The summed E-state index contributed by atoms with van der Waals surface area (Å²) in [4.78, 5) is 15.7. The van der Waals surface area contributed by atoms with Crippen LogP contribution in [0.15, 0.2) is 60.7 Å². The molecule has 3 heteroatoms. The van der Waals surface area contributed by atoms with E-state index in [0.29, 0.717) is 5.92 Å². The van der Waals surface area contributed by atoms with Gasteiger partial charge in [0.2, 0.25) is 5.91 Å². The minimum atomic E-state index is -0.228. The van der Waals surface area contributed by atoms with Gasteiger partial charge in [0.15, 0.2) is 0 Å². The van der Waals surface area contributed by atoms with E-state index < -0.39 is 0 Å². The molecule has 0 radical (unpaired) electrons. The van der Waals surface area contributed by atoms with Gasteiger partial charge in [-0.1, -0.05) is 73.5 Å². The monoisotopic (exact) mass is 374 g/mol. The molecule has 1 unspecified atom stereocenters. The summed E-state index contributed by atoms with van der Waals surface area (Å²) >= 11 is 0. The van der Waals surface area contributed by atoms with Crippen molar-refractivity contribution in [1.29, 1.82) is 0 Å². The van der Waals surface area contributed by atoms with E-state index in [0.717, 1.165) is 32.5 Å². The van der Waals surface area contributed by atoms with Gasteiger partial charge in [0.05, 0.1) is 5.41 Å². The van der Waals surface area contributed by atoms with Crippen molar-refractivity contribution in [1.82, 2.24) is 10.2 Å². The first kappa shape index (κ1) is 17.9. The quantitative estimate of drug-likeness (QED) is 0.861. The average Bonchev–Trinajstić information content (AvgIpc) is 3.37. The van der Waals surface area contributed by atoms with Crippen molar-refractivity contribution < 1.29 is 4.79 Å². The molecule has 3 nitrogen and oxygen atoms in total.